The zero-order valence-electron chi connectivity index (χ0n) is 9.28. The fourth-order valence-electron chi connectivity index (χ4n) is 1.35. The van der Waals surface area contributed by atoms with E-state index in [1.807, 2.05) is 0 Å². The molecule has 0 rings (SSSR count). The highest BCUT2D eigenvalue weighted by Crippen LogP contribution is 2.29. The first-order valence-electron chi connectivity index (χ1n) is 5.04. The minimum absolute atomic E-state index is 0.189. The molecule has 0 aliphatic heterocycles. The van der Waals surface area contributed by atoms with E-state index in [1.165, 1.54) is 12.8 Å². The third-order valence-electron chi connectivity index (χ3n) is 2.70. The van der Waals surface area contributed by atoms with Gasteiger partial charge in [0.25, 0.3) is 0 Å². The van der Waals surface area contributed by atoms with Crippen LogP contribution in [0.5, 0.6) is 0 Å². The van der Waals surface area contributed by atoms with Gasteiger partial charge in [-0.15, -0.1) is 23.1 Å². The average Bonchev–Trinajstić information content (AvgIpc) is 2.04. The van der Waals surface area contributed by atoms with Gasteiger partial charge in [0.05, 0.1) is 10.2 Å². The van der Waals surface area contributed by atoms with E-state index >= 15 is 0 Å². The molecule has 0 aromatic carbocycles. The number of alkyl halides is 1. The number of halogens is 1. The zero-order chi connectivity index (χ0) is 10.3. The molecular weight excluding hydrogens is 196 g/mol. The van der Waals surface area contributed by atoms with Crippen LogP contribution in [0.15, 0.2) is 0 Å². The molecule has 1 atom stereocenters. The van der Waals surface area contributed by atoms with E-state index in [2.05, 4.69) is 32.2 Å². The number of rotatable bonds is 5. The van der Waals surface area contributed by atoms with Crippen LogP contribution >= 0.6 is 11.6 Å². The molecule has 76 valence electrons. The van der Waals surface area contributed by atoms with E-state index in [0.29, 0.717) is 5.92 Å². The van der Waals surface area contributed by atoms with Crippen molar-refractivity contribution in [3.8, 4) is 11.5 Å². The van der Waals surface area contributed by atoms with Gasteiger partial charge in [-0.2, -0.15) is 0 Å². The van der Waals surface area contributed by atoms with Crippen molar-refractivity contribution in [3.05, 3.63) is 0 Å². The summed E-state index contributed by atoms with van der Waals surface area (Å²) in [4.78, 5) is 0. The van der Waals surface area contributed by atoms with Crippen LogP contribution in [0.1, 0.15) is 40.0 Å². The maximum atomic E-state index is 5.64. The molecule has 1 unspecified atom stereocenters. The lowest BCUT2D eigenvalue weighted by Gasteiger charge is -2.26. The van der Waals surface area contributed by atoms with Crippen molar-refractivity contribution in [2.75, 3.05) is 5.88 Å². The van der Waals surface area contributed by atoms with Crippen LogP contribution < -0.4 is 0 Å². The van der Waals surface area contributed by atoms with E-state index in [0.717, 1.165) is 22.5 Å². The summed E-state index contributed by atoms with van der Waals surface area (Å²) in [6, 6.07) is 0. The Labute approximate surface area is 90.9 Å². The topological polar surface area (TPSA) is 0 Å². The highest BCUT2D eigenvalue weighted by Gasteiger charge is 2.22. The van der Waals surface area contributed by atoms with Crippen molar-refractivity contribution >= 4 is 21.8 Å². The third kappa shape index (κ3) is 5.39. The summed E-state index contributed by atoms with van der Waals surface area (Å²) < 4.78 is 0. The lowest BCUT2D eigenvalue weighted by molar-refractivity contribution is 0.297. The van der Waals surface area contributed by atoms with Gasteiger partial charge in [-0.25, -0.2) is 0 Å². The Bertz CT molecular complexity index is 188. The Balaban J connectivity index is 3.91. The molecule has 0 bridgehead atoms. The fourth-order valence-corrected chi connectivity index (χ4v) is 2.18. The zero-order valence-corrected chi connectivity index (χ0v) is 12.0. The predicted molar refractivity (Wildman–Crippen MR) is 65.2 cm³/mol. The second-order valence-corrected chi connectivity index (χ2v) is 5.06. The summed E-state index contributed by atoms with van der Waals surface area (Å²) in [5.41, 5.74) is 3.33. The molecule has 0 aliphatic carbocycles. The maximum absolute atomic E-state index is 5.64. The van der Waals surface area contributed by atoms with Crippen LogP contribution in [0.2, 0.25) is 0 Å². The van der Waals surface area contributed by atoms with Crippen LogP contribution in [0.25, 0.3) is 0 Å². The lowest BCUT2D eigenvalue weighted by atomic mass is 9.78. The van der Waals surface area contributed by atoms with Gasteiger partial charge in [0.1, 0.15) is 0 Å². The molecule has 0 radical (unpaired) electrons. The van der Waals surface area contributed by atoms with Gasteiger partial charge in [0, 0.05) is 11.3 Å². The quantitative estimate of drug-likeness (QED) is 0.287. The van der Waals surface area contributed by atoms with E-state index in [-0.39, 0.29) is 5.41 Å². The van der Waals surface area contributed by atoms with E-state index < -0.39 is 0 Å². The molecule has 13 heavy (non-hydrogen) atoms. The van der Waals surface area contributed by atoms with Gasteiger partial charge < -0.3 is 0 Å². The molecule has 0 heterocycles. The van der Waals surface area contributed by atoms with Gasteiger partial charge in [-0.05, 0) is 32.6 Å². The number of hydrogen-bond donors (Lipinski definition) is 0. The van der Waals surface area contributed by atoms with E-state index in [4.69, 9.17) is 11.6 Å². The SMILES string of the molecule is CC(CCCCCl)C(C)(C)C#C[SiH3]. The number of unbranched alkanes of at least 4 members (excludes halogenated alkanes) is 1. The van der Waals surface area contributed by atoms with Crippen molar-refractivity contribution in [1.29, 1.82) is 0 Å². The summed E-state index contributed by atoms with van der Waals surface area (Å²) in [5, 5.41) is 0. The van der Waals surface area contributed by atoms with E-state index in [1.54, 1.807) is 0 Å². The van der Waals surface area contributed by atoms with Gasteiger partial charge in [0.2, 0.25) is 0 Å². The Kier molecular flexibility index (Phi) is 6.54. The summed E-state index contributed by atoms with van der Waals surface area (Å²) >= 11 is 5.64. The monoisotopic (exact) mass is 216 g/mol. The second kappa shape index (κ2) is 6.51. The molecular formula is C11H21ClSi. The highest BCUT2D eigenvalue weighted by molar-refractivity contribution is 6.22. The fraction of sp³-hybridized carbons (Fsp3) is 0.818. The first-order chi connectivity index (χ1) is 6.04. The maximum Gasteiger partial charge on any atom is 0.0906 e. The number of hydrogen-bond acceptors (Lipinski definition) is 0. The largest absolute Gasteiger partial charge is 0.143 e. The van der Waals surface area contributed by atoms with Crippen LogP contribution in [-0.4, -0.2) is 16.1 Å². The van der Waals surface area contributed by atoms with Crippen LogP contribution in [0, 0.1) is 22.8 Å². The van der Waals surface area contributed by atoms with Crippen molar-refractivity contribution in [1.82, 2.24) is 0 Å². The minimum Gasteiger partial charge on any atom is -0.143 e. The van der Waals surface area contributed by atoms with Crippen molar-refractivity contribution < 1.29 is 0 Å². The minimum atomic E-state index is 0.189. The van der Waals surface area contributed by atoms with Gasteiger partial charge in [0.15, 0.2) is 0 Å². The first-order valence-corrected chi connectivity index (χ1v) is 6.58. The smallest absolute Gasteiger partial charge is 0.0906 e. The summed E-state index contributed by atoms with van der Waals surface area (Å²) in [5.74, 6) is 4.80. The van der Waals surface area contributed by atoms with Crippen LogP contribution in [0.3, 0.4) is 0 Å². The highest BCUT2D eigenvalue weighted by atomic mass is 35.5. The second-order valence-electron chi connectivity index (χ2n) is 4.18. The Hall–Kier alpha value is 0.0669. The summed E-state index contributed by atoms with van der Waals surface area (Å²) in [7, 11) is 0.989. The molecule has 0 nitrogen and oxygen atoms in total. The molecule has 0 saturated heterocycles. The molecule has 0 saturated carbocycles. The van der Waals surface area contributed by atoms with Gasteiger partial charge >= 0.3 is 0 Å². The average molecular weight is 217 g/mol. The van der Waals surface area contributed by atoms with Crippen molar-refractivity contribution in [2.45, 2.75) is 40.0 Å². The van der Waals surface area contributed by atoms with E-state index in [9.17, 15) is 0 Å². The molecule has 0 fully saturated rings. The van der Waals surface area contributed by atoms with Crippen molar-refractivity contribution in [2.24, 2.45) is 11.3 Å². The Morgan fingerprint density at radius 3 is 2.46 bits per heavy atom. The standard InChI is InChI=1S/C11H21ClSi/c1-10(6-4-5-8-12)11(2,3)7-9-13/h10H,4-6,8H2,1-3,13H3. The first kappa shape index (κ1) is 13.1. The normalized spacial score (nSPS) is 13.5. The van der Waals surface area contributed by atoms with Gasteiger partial charge in [-0.3, -0.25) is 0 Å². The predicted octanol–water partition coefficient (Wildman–Crippen LogP) is 2.38. The summed E-state index contributed by atoms with van der Waals surface area (Å²) in [6.07, 6.45) is 3.61. The van der Waals surface area contributed by atoms with Crippen LogP contribution in [-0.2, 0) is 0 Å². The van der Waals surface area contributed by atoms with Gasteiger partial charge in [-0.1, -0.05) is 13.3 Å². The molecule has 0 aromatic rings. The molecule has 0 aromatic heterocycles. The molecule has 2 heteroatoms. The summed E-state index contributed by atoms with van der Waals surface area (Å²) in [6.45, 7) is 6.77. The molecule has 0 amide bonds. The lowest BCUT2D eigenvalue weighted by Crippen LogP contribution is -2.19. The van der Waals surface area contributed by atoms with Crippen LogP contribution in [0.4, 0.5) is 0 Å². The van der Waals surface area contributed by atoms with Crippen molar-refractivity contribution in [3.63, 3.8) is 0 Å². The molecule has 0 N–H and O–H groups in total. The molecule has 0 aliphatic rings. The molecule has 0 spiro atoms. The third-order valence-corrected chi connectivity index (χ3v) is 3.22. The Morgan fingerprint density at radius 2 is 2.00 bits per heavy atom. The Morgan fingerprint density at radius 1 is 1.38 bits per heavy atom.